The van der Waals surface area contributed by atoms with Crippen LogP contribution in [0, 0.1) is 0 Å². The molecule has 1 saturated heterocycles. The Bertz CT molecular complexity index is 518. The molecule has 1 amide bonds. The molecule has 3 rings (SSSR count). The molecule has 2 N–H and O–H groups in total. The maximum absolute atomic E-state index is 11.9. The summed E-state index contributed by atoms with van der Waals surface area (Å²) in [7, 11) is 0. The van der Waals surface area contributed by atoms with Crippen LogP contribution in [0.3, 0.4) is 0 Å². The largest absolute Gasteiger partial charge is 0.325 e. The van der Waals surface area contributed by atoms with Crippen LogP contribution >= 0.6 is 0 Å². The van der Waals surface area contributed by atoms with E-state index in [0.717, 1.165) is 50.4 Å². The molecule has 108 valence electrons. The van der Waals surface area contributed by atoms with Gasteiger partial charge in [-0.1, -0.05) is 12.1 Å². The summed E-state index contributed by atoms with van der Waals surface area (Å²) >= 11 is 0. The highest BCUT2D eigenvalue weighted by Gasteiger charge is 2.38. The lowest BCUT2D eigenvalue weighted by atomic mass is 9.85. The normalized spacial score (nSPS) is 21.6. The smallest absolute Gasteiger partial charge is 0.234 e. The number of carbonyl (C=O) groups is 1. The molecule has 0 atom stereocenters. The Morgan fingerprint density at radius 1 is 1.25 bits per heavy atom. The molecule has 2 aliphatic rings. The minimum atomic E-state index is -0.402. The number of carbonyl (C=O) groups excluding carboxylic acids is 1. The van der Waals surface area contributed by atoms with Gasteiger partial charge < -0.3 is 15.5 Å². The van der Waals surface area contributed by atoms with E-state index in [4.69, 9.17) is 0 Å². The molecule has 2 aliphatic heterocycles. The molecule has 0 unspecified atom stereocenters. The quantitative estimate of drug-likeness (QED) is 0.874. The van der Waals surface area contributed by atoms with Crippen LogP contribution in [0.5, 0.6) is 0 Å². The Kier molecular flexibility index (Phi) is 3.52. The average molecular weight is 273 g/mol. The van der Waals surface area contributed by atoms with Crippen molar-refractivity contribution in [3.8, 4) is 0 Å². The second-order valence-electron chi connectivity index (χ2n) is 6.30. The van der Waals surface area contributed by atoms with Crippen LogP contribution < -0.4 is 10.6 Å². The monoisotopic (exact) mass is 273 g/mol. The van der Waals surface area contributed by atoms with E-state index in [-0.39, 0.29) is 5.91 Å². The van der Waals surface area contributed by atoms with Gasteiger partial charge in [-0.05, 0) is 37.5 Å². The van der Waals surface area contributed by atoms with Crippen LogP contribution in [0.2, 0.25) is 0 Å². The van der Waals surface area contributed by atoms with Crippen LogP contribution in [0.4, 0.5) is 5.69 Å². The molecule has 20 heavy (non-hydrogen) atoms. The van der Waals surface area contributed by atoms with Gasteiger partial charge >= 0.3 is 0 Å². The molecule has 0 aromatic heterocycles. The van der Waals surface area contributed by atoms with Gasteiger partial charge in [0.1, 0.15) is 0 Å². The first kappa shape index (κ1) is 13.6. The summed E-state index contributed by atoms with van der Waals surface area (Å²) in [6.45, 7) is 9.54. The Morgan fingerprint density at radius 3 is 2.75 bits per heavy atom. The predicted octanol–water partition coefficient (Wildman–Crippen LogP) is 1.36. The van der Waals surface area contributed by atoms with E-state index in [1.54, 1.807) is 0 Å². The number of hydrogen-bond acceptors (Lipinski definition) is 3. The fourth-order valence-electron chi connectivity index (χ4n) is 3.00. The highest BCUT2D eigenvalue weighted by atomic mass is 16.2. The van der Waals surface area contributed by atoms with E-state index in [1.165, 1.54) is 5.56 Å². The zero-order valence-corrected chi connectivity index (χ0v) is 12.3. The number of piperazine rings is 1. The summed E-state index contributed by atoms with van der Waals surface area (Å²) in [5, 5.41) is 6.34. The molecule has 0 saturated carbocycles. The van der Waals surface area contributed by atoms with Crippen molar-refractivity contribution < 1.29 is 4.79 Å². The maximum Gasteiger partial charge on any atom is 0.234 e. The van der Waals surface area contributed by atoms with Crippen molar-refractivity contribution >= 4 is 11.6 Å². The summed E-state index contributed by atoms with van der Waals surface area (Å²) in [6, 6.07) is 6.40. The molecule has 0 aliphatic carbocycles. The Morgan fingerprint density at radius 2 is 2.00 bits per heavy atom. The van der Waals surface area contributed by atoms with Gasteiger partial charge in [-0.3, -0.25) is 4.79 Å². The van der Waals surface area contributed by atoms with Crippen LogP contribution in [0.15, 0.2) is 18.2 Å². The maximum atomic E-state index is 11.9. The van der Waals surface area contributed by atoms with Crippen molar-refractivity contribution in [1.29, 1.82) is 0 Å². The summed E-state index contributed by atoms with van der Waals surface area (Å²) in [4.78, 5) is 14.4. The van der Waals surface area contributed by atoms with E-state index in [1.807, 2.05) is 13.8 Å². The van der Waals surface area contributed by atoms with Gasteiger partial charge in [-0.25, -0.2) is 0 Å². The predicted molar refractivity (Wildman–Crippen MR) is 81.1 cm³/mol. The van der Waals surface area contributed by atoms with E-state index in [0.29, 0.717) is 0 Å². The summed E-state index contributed by atoms with van der Waals surface area (Å²) < 4.78 is 0. The van der Waals surface area contributed by atoms with Crippen molar-refractivity contribution in [3.63, 3.8) is 0 Å². The molecule has 0 bridgehead atoms. The summed E-state index contributed by atoms with van der Waals surface area (Å²) in [6.07, 6.45) is 1.05. The number of nitrogens with zero attached hydrogens (tertiary/aromatic N) is 1. The van der Waals surface area contributed by atoms with E-state index >= 15 is 0 Å². The van der Waals surface area contributed by atoms with Gasteiger partial charge in [0, 0.05) is 38.4 Å². The number of benzene rings is 1. The van der Waals surface area contributed by atoms with Crippen molar-refractivity contribution in [3.05, 3.63) is 29.3 Å². The minimum absolute atomic E-state index is 0.103. The zero-order valence-electron chi connectivity index (χ0n) is 12.3. The van der Waals surface area contributed by atoms with E-state index in [9.17, 15) is 4.79 Å². The third-order valence-electron chi connectivity index (χ3n) is 4.50. The summed E-state index contributed by atoms with van der Waals surface area (Å²) in [5.74, 6) is 0.103. The lowest BCUT2D eigenvalue weighted by Crippen LogP contribution is -2.44. The second-order valence-corrected chi connectivity index (χ2v) is 6.30. The van der Waals surface area contributed by atoms with Gasteiger partial charge in [-0.15, -0.1) is 0 Å². The zero-order chi connectivity index (χ0) is 14.2. The topological polar surface area (TPSA) is 44.4 Å². The molecule has 1 fully saturated rings. The number of nitrogens with one attached hydrogen (secondary N) is 2. The molecule has 1 aromatic carbocycles. The van der Waals surface area contributed by atoms with Gasteiger partial charge in [0.15, 0.2) is 0 Å². The average Bonchev–Trinajstić information content (AvgIpc) is 2.68. The highest BCUT2D eigenvalue weighted by Crippen LogP contribution is 2.37. The number of anilines is 1. The Balaban J connectivity index is 1.70. The van der Waals surface area contributed by atoms with Gasteiger partial charge in [0.25, 0.3) is 0 Å². The molecule has 0 spiro atoms. The number of rotatable bonds is 3. The van der Waals surface area contributed by atoms with E-state index in [2.05, 4.69) is 33.7 Å². The molecular formula is C16H23N3O. The van der Waals surface area contributed by atoms with Gasteiger partial charge in [0.05, 0.1) is 5.41 Å². The Labute approximate surface area is 120 Å². The first-order valence-corrected chi connectivity index (χ1v) is 7.45. The highest BCUT2D eigenvalue weighted by molar-refractivity contribution is 6.05. The molecule has 1 aromatic rings. The van der Waals surface area contributed by atoms with Crippen LogP contribution in [0.25, 0.3) is 0 Å². The van der Waals surface area contributed by atoms with Crippen molar-refractivity contribution in [2.45, 2.75) is 25.7 Å². The first-order chi connectivity index (χ1) is 9.57. The third-order valence-corrected chi connectivity index (χ3v) is 4.50. The Hall–Kier alpha value is -1.39. The van der Waals surface area contributed by atoms with Crippen LogP contribution in [-0.4, -0.2) is 43.5 Å². The lowest BCUT2D eigenvalue weighted by molar-refractivity contribution is -0.119. The van der Waals surface area contributed by atoms with Gasteiger partial charge in [0.2, 0.25) is 5.91 Å². The van der Waals surface area contributed by atoms with Crippen molar-refractivity contribution in [2.24, 2.45) is 0 Å². The van der Waals surface area contributed by atoms with E-state index < -0.39 is 5.41 Å². The summed E-state index contributed by atoms with van der Waals surface area (Å²) in [5.41, 5.74) is 3.04. The fourth-order valence-corrected chi connectivity index (χ4v) is 3.00. The molecule has 4 nitrogen and oxygen atoms in total. The van der Waals surface area contributed by atoms with Crippen LogP contribution in [0.1, 0.15) is 25.0 Å². The fraction of sp³-hybridized carbons (Fsp3) is 0.562. The number of hydrogen-bond donors (Lipinski definition) is 2. The third kappa shape index (κ3) is 2.45. The molecule has 2 heterocycles. The van der Waals surface area contributed by atoms with Gasteiger partial charge in [-0.2, -0.15) is 0 Å². The van der Waals surface area contributed by atoms with Crippen molar-refractivity contribution in [2.75, 3.05) is 38.0 Å². The number of fused-ring (bicyclic) bond motifs is 1. The first-order valence-electron chi connectivity index (χ1n) is 7.45. The molecule has 4 heteroatoms. The lowest BCUT2D eigenvalue weighted by Gasteiger charge is -2.27. The van der Waals surface area contributed by atoms with Crippen LogP contribution in [-0.2, 0) is 16.6 Å². The number of amides is 1. The molecule has 0 radical (unpaired) electrons. The second kappa shape index (κ2) is 5.19. The minimum Gasteiger partial charge on any atom is -0.325 e. The molecular weight excluding hydrogens is 250 g/mol. The van der Waals surface area contributed by atoms with Crippen molar-refractivity contribution in [1.82, 2.24) is 10.2 Å². The SMILES string of the molecule is CC1(C)C(=O)Nc2ccc(CCN3CCNCC3)cc21. The standard InChI is InChI=1S/C16H23N3O/c1-16(2)13-11-12(3-4-14(13)18-15(16)20)5-8-19-9-6-17-7-10-19/h3-4,11,17H,5-10H2,1-2H3,(H,18,20).